The number of hydrogen-bond acceptors (Lipinski definition) is 8. The number of anilines is 1. The van der Waals surface area contributed by atoms with Crippen molar-refractivity contribution >= 4 is 63.1 Å². The summed E-state index contributed by atoms with van der Waals surface area (Å²) in [5.74, 6) is 0.0691. The Morgan fingerprint density at radius 3 is 2.53 bits per heavy atom. The van der Waals surface area contributed by atoms with Gasteiger partial charge in [0.2, 0.25) is 5.13 Å². The third-order valence-corrected chi connectivity index (χ3v) is 6.80. The molecule has 3 amide bonds. The predicted molar refractivity (Wildman–Crippen MR) is 119 cm³/mol. The molecule has 0 radical (unpaired) electrons. The molecular weight excluding hydrogens is 440 g/mol. The number of rotatable bonds is 6. The number of carbonyl (C=O) groups is 3. The molecule has 3 aromatic rings. The first-order valence-electron chi connectivity index (χ1n) is 8.73. The molecule has 0 bridgehead atoms. The molecule has 4 rings (SSSR count). The van der Waals surface area contributed by atoms with E-state index in [0.717, 1.165) is 27.4 Å². The fraction of sp³-hybridized carbons (Fsp3) is 0.0500. The predicted octanol–water partition coefficient (Wildman–Crippen LogP) is 4.41. The summed E-state index contributed by atoms with van der Waals surface area (Å²) in [5, 5.41) is 13.1. The van der Waals surface area contributed by atoms with Gasteiger partial charge in [-0.3, -0.25) is 25.0 Å². The summed E-state index contributed by atoms with van der Waals surface area (Å²) < 4.78 is 0.776. The number of aromatic nitrogens is 2. The average Bonchev–Trinajstić information content (AvgIpc) is 3.33. The Morgan fingerprint density at radius 2 is 1.83 bits per heavy atom. The lowest BCUT2D eigenvalue weighted by atomic mass is 10.1. The minimum absolute atomic E-state index is 0.298. The van der Waals surface area contributed by atoms with Crippen LogP contribution in [0.2, 0.25) is 0 Å². The van der Waals surface area contributed by atoms with Crippen molar-refractivity contribution in [3.8, 4) is 0 Å². The largest absolute Gasteiger partial charge is 0.296 e. The van der Waals surface area contributed by atoms with Gasteiger partial charge in [-0.1, -0.05) is 65.6 Å². The summed E-state index contributed by atoms with van der Waals surface area (Å²) in [6, 6.07) is 16.8. The summed E-state index contributed by atoms with van der Waals surface area (Å²) in [7, 11) is 0. The maximum absolute atomic E-state index is 12.4. The number of amides is 3. The monoisotopic (exact) mass is 454 g/mol. The molecule has 1 fully saturated rings. The number of imide groups is 1. The van der Waals surface area contributed by atoms with E-state index in [1.165, 1.54) is 16.9 Å². The molecule has 1 aliphatic heterocycles. The molecule has 1 saturated heterocycles. The summed E-state index contributed by atoms with van der Waals surface area (Å²) in [6.07, 6.45) is 1.60. The molecule has 7 nitrogen and oxygen atoms in total. The van der Waals surface area contributed by atoms with Crippen molar-refractivity contribution in [2.45, 2.75) is 10.1 Å². The van der Waals surface area contributed by atoms with Gasteiger partial charge in [0.05, 0.1) is 4.91 Å². The maximum Gasteiger partial charge on any atom is 0.290 e. The average molecular weight is 455 g/mol. The number of benzene rings is 2. The molecule has 0 atom stereocenters. The Bertz CT molecular complexity index is 1130. The Balaban J connectivity index is 1.35. The maximum atomic E-state index is 12.4. The van der Waals surface area contributed by atoms with Crippen LogP contribution in [0.4, 0.5) is 9.93 Å². The van der Waals surface area contributed by atoms with Crippen LogP contribution in [0, 0.1) is 0 Å². The highest BCUT2D eigenvalue weighted by Gasteiger charge is 2.24. The second kappa shape index (κ2) is 9.24. The van der Waals surface area contributed by atoms with Crippen LogP contribution in [0.3, 0.4) is 0 Å². The second-order valence-corrected chi connectivity index (χ2v) is 9.29. The summed E-state index contributed by atoms with van der Waals surface area (Å²) in [4.78, 5) is 35.6. The zero-order chi connectivity index (χ0) is 20.9. The number of nitrogens with one attached hydrogen (secondary N) is 2. The Labute approximate surface area is 184 Å². The van der Waals surface area contributed by atoms with E-state index in [2.05, 4.69) is 20.8 Å². The fourth-order valence-electron chi connectivity index (χ4n) is 2.51. The lowest BCUT2D eigenvalue weighted by molar-refractivity contribution is -0.115. The standard InChI is InChI=1S/C20H14N4O3S3/c25-16(14-8-6-12(7-9-14)10-15-17(26)22-19(27)29-15)21-18-23-24-20(30-18)28-11-13-4-2-1-3-5-13/h1-10H,11H2,(H,21,23,25)(H,22,26,27)/b15-10+. The van der Waals surface area contributed by atoms with Crippen molar-refractivity contribution in [2.75, 3.05) is 5.32 Å². The molecule has 150 valence electrons. The molecule has 0 aliphatic carbocycles. The van der Waals surface area contributed by atoms with Gasteiger partial charge in [0.1, 0.15) is 0 Å². The molecule has 0 spiro atoms. The van der Waals surface area contributed by atoms with Gasteiger partial charge in [0, 0.05) is 11.3 Å². The SMILES string of the molecule is O=C1NC(=O)/C(=C\c2ccc(C(=O)Nc3nnc(SCc4ccccc4)s3)cc2)S1. The Kier molecular flexibility index (Phi) is 6.26. The fourth-order valence-corrected chi connectivity index (χ4v) is 4.90. The van der Waals surface area contributed by atoms with Crippen LogP contribution in [-0.2, 0) is 10.5 Å². The van der Waals surface area contributed by atoms with Gasteiger partial charge in [0.25, 0.3) is 17.1 Å². The number of thioether (sulfide) groups is 2. The number of hydrogen-bond donors (Lipinski definition) is 2. The van der Waals surface area contributed by atoms with Gasteiger partial charge in [-0.25, -0.2) is 0 Å². The first-order valence-corrected chi connectivity index (χ1v) is 11.4. The van der Waals surface area contributed by atoms with Gasteiger partial charge < -0.3 is 0 Å². The lowest BCUT2D eigenvalue weighted by Gasteiger charge is -2.02. The molecular formula is C20H14N4O3S3. The van der Waals surface area contributed by atoms with Crippen molar-refractivity contribution in [1.29, 1.82) is 0 Å². The van der Waals surface area contributed by atoms with E-state index in [9.17, 15) is 14.4 Å². The molecule has 30 heavy (non-hydrogen) atoms. The highest BCUT2D eigenvalue weighted by atomic mass is 32.2. The summed E-state index contributed by atoms with van der Waals surface area (Å²) in [6.45, 7) is 0. The summed E-state index contributed by atoms with van der Waals surface area (Å²) in [5.41, 5.74) is 2.36. The smallest absolute Gasteiger partial charge is 0.290 e. The lowest BCUT2D eigenvalue weighted by Crippen LogP contribution is -2.17. The van der Waals surface area contributed by atoms with Crippen LogP contribution in [0.5, 0.6) is 0 Å². The van der Waals surface area contributed by atoms with Crippen LogP contribution < -0.4 is 10.6 Å². The molecule has 1 aliphatic rings. The summed E-state index contributed by atoms with van der Waals surface area (Å²) >= 11 is 3.74. The van der Waals surface area contributed by atoms with Gasteiger partial charge in [-0.05, 0) is 41.1 Å². The molecule has 2 aromatic carbocycles. The first-order chi connectivity index (χ1) is 14.6. The highest BCUT2D eigenvalue weighted by molar-refractivity contribution is 8.18. The van der Waals surface area contributed by atoms with E-state index in [-0.39, 0.29) is 11.1 Å². The molecule has 2 heterocycles. The minimum atomic E-state index is -0.413. The quantitative estimate of drug-likeness (QED) is 0.323. The Morgan fingerprint density at radius 1 is 1.07 bits per heavy atom. The van der Waals surface area contributed by atoms with E-state index < -0.39 is 5.91 Å². The van der Waals surface area contributed by atoms with Crippen LogP contribution >= 0.6 is 34.9 Å². The van der Waals surface area contributed by atoms with Crippen molar-refractivity contribution in [3.05, 3.63) is 76.2 Å². The van der Waals surface area contributed by atoms with E-state index in [1.807, 2.05) is 30.3 Å². The van der Waals surface area contributed by atoms with Gasteiger partial charge in [0.15, 0.2) is 4.34 Å². The zero-order valence-electron chi connectivity index (χ0n) is 15.3. The van der Waals surface area contributed by atoms with Gasteiger partial charge in [-0.2, -0.15) is 0 Å². The van der Waals surface area contributed by atoms with E-state index in [1.54, 1.807) is 42.1 Å². The second-order valence-electron chi connectivity index (χ2n) is 6.08. The zero-order valence-corrected chi connectivity index (χ0v) is 17.8. The van der Waals surface area contributed by atoms with Gasteiger partial charge in [-0.15, -0.1) is 10.2 Å². The van der Waals surface area contributed by atoms with Crippen molar-refractivity contribution in [1.82, 2.24) is 15.5 Å². The highest BCUT2D eigenvalue weighted by Crippen LogP contribution is 2.29. The number of carbonyl (C=O) groups excluding carboxylic acids is 3. The third kappa shape index (κ3) is 5.15. The molecule has 10 heteroatoms. The molecule has 2 N–H and O–H groups in total. The normalized spacial score (nSPS) is 14.7. The number of nitrogens with zero attached hydrogens (tertiary/aromatic N) is 2. The van der Waals surface area contributed by atoms with Crippen molar-refractivity contribution in [2.24, 2.45) is 0 Å². The van der Waals surface area contributed by atoms with E-state index in [0.29, 0.717) is 15.6 Å². The first kappa shape index (κ1) is 20.3. The van der Waals surface area contributed by atoms with E-state index >= 15 is 0 Å². The van der Waals surface area contributed by atoms with Crippen LogP contribution in [0.15, 0.2) is 63.8 Å². The van der Waals surface area contributed by atoms with Crippen molar-refractivity contribution in [3.63, 3.8) is 0 Å². The molecule has 1 aromatic heterocycles. The molecule has 0 unspecified atom stereocenters. The van der Waals surface area contributed by atoms with Crippen LogP contribution in [0.25, 0.3) is 6.08 Å². The van der Waals surface area contributed by atoms with Crippen LogP contribution in [0.1, 0.15) is 21.5 Å². The minimum Gasteiger partial charge on any atom is -0.296 e. The third-order valence-electron chi connectivity index (χ3n) is 3.94. The topological polar surface area (TPSA) is 101 Å². The molecule has 0 saturated carbocycles. The van der Waals surface area contributed by atoms with Gasteiger partial charge >= 0.3 is 0 Å². The van der Waals surface area contributed by atoms with Crippen molar-refractivity contribution < 1.29 is 14.4 Å². The van der Waals surface area contributed by atoms with Crippen LogP contribution in [-0.4, -0.2) is 27.3 Å². The van der Waals surface area contributed by atoms with E-state index in [4.69, 9.17) is 0 Å². The Hall–Kier alpha value is -2.95.